The zero-order valence-electron chi connectivity index (χ0n) is 16.0. The minimum Gasteiger partial charge on any atom is -0.296 e. The van der Waals surface area contributed by atoms with E-state index in [9.17, 15) is 13.2 Å². The van der Waals surface area contributed by atoms with Gasteiger partial charge in [0.15, 0.2) is 0 Å². The second kappa shape index (κ2) is 10.4. The van der Waals surface area contributed by atoms with Crippen LogP contribution in [0, 0.1) is 6.92 Å². The standard InChI is InChI=1S/C19H19ClN4O3S3/c1-13-4-2-3-5-15(13)12-28-11-10-21-30(26,27)19-24-23-18(29-19)22-17(25)14-6-8-16(20)9-7-14/h2-9,21H,10-12H2,1H3,(H,22,23,25). The van der Waals surface area contributed by atoms with Crippen LogP contribution < -0.4 is 10.0 Å². The molecule has 0 saturated heterocycles. The number of nitrogens with zero attached hydrogens (tertiary/aromatic N) is 2. The van der Waals surface area contributed by atoms with E-state index in [0.29, 0.717) is 16.3 Å². The van der Waals surface area contributed by atoms with Gasteiger partial charge in [0.25, 0.3) is 15.9 Å². The minimum atomic E-state index is -3.79. The molecule has 0 unspecified atom stereocenters. The molecule has 2 N–H and O–H groups in total. The normalized spacial score (nSPS) is 11.4. The van der Waals surface area contributed by atoms with Gasteiger partial charge in [-0.1, -0.05) is 47.2 Å². The van der Waals surface area contributed by atoms with Crippen LogP contribution in [0.3, 0.4) is 0 Å². The molecule has 1 heterocycles. The Morgan fingerprint density at radius 3 is 2.60 bits per heavy atom. The van der Waals surface area contributed by atoms with Crippen LogP contribution in [0.5, 0.6) is 0 Å². The van der Waals surface area contributed by atoms with Crippen molar-refractivity contribution in [1.82, 2.24) is 14.9 Å². The van der Waals surface area contributed by atoms with Crippen molar-refractivity contribution in [1.29, 1.82) is 0 Å². The fourth-order valence-electron chi connectivity index (χ4n) is 2.40. The summed E-state index contributed by atoms with van der Waals surface area (Å²) in [6.07, 6.45) is 0. The lowest BCUT2D eigenvalue weighted by Gasteiger charge is -2.06. The van der Waals surface area contributed by atoms with E-state index in [1.54, 1.807) is 36.0 Å². The van der Waals surface area contributed by atoms with E-state index in [2.05, 4.69) is 39.3 Å². The lowest BCUT2D eigenvalue weighted by molar-refractivity contribution is 0.102. The molecular weight excluding hydrogens is 464 g/mol. The quantitative estimate of drug-likeness (QED) is 0.353. The van der Waals surface area contributed by atoms with Gasteiger partial charge in [0.05, 0.1) is 0 Å². The number of aromatic nitrogens is 2. The van der Waals surface area contributed by atoms with Gasteiger partial charge in [0.1, 0.15) is 0 Å². The first-order valence-corrected chi connectivity index (χ1v) is 12.7. The van der Waals surface area contributed by atoms with Gasteiger partial charge in [-0.25, -0.2) is 13.1 Å². The van der Waals surface area contributed by atoms with Crippen LogP contribution in [0.4, 0.5) is 5.13 Å². The van der Waals surface area contributed by atoms with Gasteiger partial charge in [-0.2, -0.15) is 11.8 Å². The van der Waals surface area contributed by atoms with E-state index in [0.717, 1.165) is 17.1 Å². The summed E-state index contributed by atoms with van der Waals surface area (Å²) in [5, 5.41) is 10.6. The Hall–Kier alpha value is -1.98. The average Bonchev–Trinajstić information content (AvgIpc) is 3.19. The van der Waals surface area contributed by atoms with Crippen molar-refractivity contribution in [3.8, 4) is 0 Å². The number of benzene rings is 2. The number of thioether (sulfide) groups is 1. The summed E-state index contributed by atoms with van der Waals surface area (Å²) in [4.78, 5) is 12.2. The second-order valence-corrected chi connectivity index (χ2v) is 10.7. The SMILES string of the molecule is Cc1ccccc1CSCCNS(=O)(=O)c1nnc(NC(=O)c2ccc(Cl)cc2)s1. The second-order valence-electron chi connectivity index (χ2n) is 6.21. The highest BCUT2D eigenvalue weighted by molar-refractivity contribution is 7.98. The predicted octanol–water partition coefficient (Wildman–Crippen LogP) is 3.96. The lowest BCUT2D eigenvalue weighted by atomic mass is 10.1. The zero-order valence-corrected chi connectivity index (χ0v) is 19.2. The van der Waals surface area contributed by atoms with Crippen molar-refractivity contribution < 1.29 is 13.2 Å². The molecule has 3 aromatic rings. The number of rotatable bonds is 9. The van der Waals surface area contributed by atoms with E-state index in [1.807, 2.05) is 12.1 Å². The molecule has 11 heteroatoms. The van der Waals surface area contributed by atoms with E-state index < -0.39 is 15.9 Å². The molecule has 0 bridgehead atoms. The van der Waals surface area contributed by atoms with Gasteiger partial charge < -0.3 is 0 Å². The summed E-state index contributed by atoms with van der Waals surface area (Å²) in [6.45, 7) is 2.32. The molecule has 1 aromatic heterocycles. The molecule has 0 aliphatic rings. The third kappa shape index (κ3) is 6.26. The van der Waals surface area contributed by atoms with Crippen LogP contribution in [0.15, 0.2) is 52.9 Å². The topological polar surface area (TPSA) is 101 Å². The van der Waals surface area contributed by atoms with Crippen LogP contribution in [-0.2, 0) is 15.8 Å². The molecule has 1 amide bonds. The Morgan fingerprint density at radius 2 is 1.87 bits per heavy atom. The maximum Gasteiger partial charge on any atom is 0.269 e. The smallest absolute Gasteiger partial charge is 0.269 e. The lowest BCUT2D eigenvalue weighted by Crippen LogP contribution is -2.26. The number of halogens is 1. The molecule has 7 nitrogen and oxygen atoms in total. The third-order valence-corrected chi connectivity index (χ3v) is 7.95. The molecule has 0 aliphatic carbocycles. The fourth-order valence-corrected chi connectivity index (χ4v) is 5.56. The molecule has 0 radical (unpaired) electrons. The predicted molar refractivity (Wildman–Crippen MR) is 122 cm³/mol. The van der Waals surface area contributed by atoms with Crippen molar-refractivity contribution in [2.75, 3.05) is 17.6 Å². The Bertz CT molecular complexity index is 1120. The van der Waals surface area contributed by atoms with Crippen molar-refractivity contribution in [3.63, 3.8) is 0 Å². The van der Waals surface area contributed by atoms with Gasteiger partial charge in [-0.3, -0.25) is 10.1 Å². The molecule has 30 heavy (non-hydrogen) atoms. The summed E-state index contributed by atoms with van der Waals surface area (Å²) in [5.41, 5.74) is 2.82. The largest absolute Gasteiger partial charge is 0.296 e. The molecule has 0 spiro atoms. The Morgan fingerprint density at radius 1 is 1.13 bits per heavy atom. The molecule has 3 rings (SSSR count). The fraction of sp³-hybridized carbons (Fsp3) is 0.211. The van der Waals surface area contributed by atoms with Crippen molar-refractivity contribution in [2.24, 2.45) is 0 Å². The number of hydrogen-bond acceptors (Lipinski definition) is 7. The van der Waals surface area contributed by atoms with E-state index >= 15 is 0 Å². The van der Waals surface area contributed by atoms with Crippen LogP contribution in [0.25, 0.3) is 0 Å². The van der Waals surface area contributed by atoms with Gasteiger partial charge in [0.2, 0.25) is 9.47 Å². The number of aryl methyl sites for hydroxylation is 1. The number of sulfonamides is 1. The molecular formula is C19H19ClN4O3S3. The maximum atomic E-state index is 12.4. The highest BCUT2D eigenvalue weighted by Crippen LogP contribution is 2.21. The first-order chi connectivity index (χ1) is 14.3. The van der Waals surface area contributed by atoms with Crippen LogP contribution >= 0.6 is 34.7 Å². The Kier molecular flexibility index (Phi) is 7.84. The molecule has 0 aliphatic heterocycles. The summed E-state index contributed by atoms with van der Waals surface area (Å²) >= 11 is 8.24. The van der Waals surface area contributed by atoms with Gasteiger partial charge in [-0.15, -0.1) is 10.2 Å². The summed E-state index contributed by atoms with van der Waals surface area (Å²) < 4.78 is 27.1. The van der Waals surface area contributed by atoms with Crippen molar-refractivity contribution in [2.45, 2.75) is 17.0 Å². The molecule has 2 aromatic carbocycles. The third-order valence-electron chi connectivity index (χ3n) is 4.02. The molecule has 0 fully saturated rings. The van der Waals surface area contributed by atoms with E-state index in [1.165, 1.54) is 11.1 Å². The van der Waals surface area contributed by atoms with Gasteiger partial charge in [-0.05, 0) is 42.3 Å². The molecule has 0 atom stereocenters. The van der Waals surface area contributed by atoms with Gasteiger partial charge >= 0.3 is 0 Å². The first kappa shape index (κ1) is 22.7. The monoisotopic (exact) mass is 482 g/mol. The number of anilines is 1. The van der Waals surface area contributed by atoms with E-state index in [-0.39, 0.29) is 16.0 Å². The maximum absolute atomic E-state index is 12.4. The minimum absolute atomic E-state index is 0.101. The Labute approximate surface area is 188 Å². The van der Waals surface area contributed by atoms with Crippen LogP contribution in [0.2, 0.25) is 5.02 Å². The van der Waals surface area contributed by atoms with E-state index in [4.69, 9.17) is 11.6 Å². The van der Waals surface area contributed by atoms with Crippen molar-refractivity contribution >= 4 is 55.8 Å². The Balaban J connectivity index is 1.49. The average molecular weight is 483 g/mol. The number of carbonyl (C=O) groups is 1. The highest BCUT2D eigenvalue weighted by atomic mass is 35.5. The zero-order chi connectivity index (χ0) is 21.6. The van der Waals surface area contributed by atoms with Crippen LogP contribution in [-0.4, -0.2) is 36.8 Å². The first-order valence-electron chi connectivity index (χ1n) is 8.87. The van der Waals surface area contributed by atoms with Gasteiger partial charge in [0, 0.05) is 28.6 Å². The summed E-state index contributed by atoms with van der Waals surface area (Å²) in [7, 11) is -3.79. The molecule has 0 saturated carbocycles. The highest BCUT2D eigenvalue weighted by Gasteiger charge is 2.20. The number of amides is 1. The summed E-state index contributed by atoms with van der Waals surface area (Å²) in [5.74, 6) is 1.01. The molecule has 158 valence electrons. The van der Waals surface area contributed by atoms with Crippen LogP contribution in [0.1, 0.15) is 21.5 Å². The summed E-state index contributed by atoms with van der Waals surface area (Å²) in [6, 6.07) is 14.4. The van der Waals surface area contributed by atoms with Crippen molar-refractivity contribution in [3.05, 3.63) is 70.2 Å². The number of hydrogen-bond donors (Lipinski definition) is 2. The number of carbonyl (C=O) groups excluding carboxylic acids is 1. The number of nitrogens with one attached hydrogen (secondary N) is 2.